The first-order chi connectivity index (χ1) is 8.79. The molecule has 1 aromatic carbocycles. The second-order valence-electron chi connectivity index (χ2n) is 4.93. The van der Waals surface area contributed by atoms with E-state index in [1.165, 1.54) is 5.56 Å². The van der Waals surface area contributed by atoms with Gasteiger partial charge in [0.15, 0.2) is 0 Å². The lowest BCUT2D eigenvalue weighted by Crippen LogP contribution is -2.48. The standard InChI is InChI=1S/C14H16N2O2/c15-8-11-6-12(17)7-14-16(11)13(9-18-14)10-4-2-1-3-5-10/h1-5,11-14,17H,6-7,9H2/t11-,12-,13-,14+/m0/s1. The number of benzene rings is 1. The predicted octanol–water partition coefficient (Wildman–Crippen LogP) is 1.43. The van der Waals surface area contributed by atoms with Crippen LogP contribution in [-0.2, 0) is 4.74 Å². The molecule has 2 heterocycles. The van der Waals surface area contributed by atoms with Gasteiger partial charge in [-0.1, -0.05) is 30.3 Å². The third-order valence-corrected chi connectivity index (χ3v) is 3.80. The fourth-order valence-electron chi connectivity index (χ4n) is 2.95. The Balaban J connectivity index is 1.89. The van der Waals surface area contributed by atoms with Crippen molar-refractivity contribution in [1.29, 1.82) is 5.26 Å². The van der Waals surface area contributed by atoms with Gasteiger partial charge in [0.25, 0.3) is 0 Å². The number of aliphatic hydroxyl groups is 1. The lowest BCUT2D eigenvalue weighted by Gasteiger charge is -2.38. The van der Waals surface area contributed by atoms with Crippen LogP contribution in [0.1, 0.15) is 24.4 Å². The number of rotatable bonds is 1. The number of hydrogen-bond acceptors (Lipinski definition) is 4. The van der Waals surface area contributed by atoms with Gasteiger partial charge in [-0.05, 0) is 5.56 Å². The average molecular weight is 244 g/mol. The second kappa shape index (κ2) is 4.69. The summed E-state index contributed by atoms with van der Waals surface area (Å²) >= 11 is 0. The minimum Gasteiger partial charge on any atom is -0.393 e. The van der Waals surface area contributed by atoms with Crippen LogP contribution in [0.15, 0.2) is 30.3 Å². The fourth-order valence-corrected chi connectivity index (χ4v) is 2.95. The molecule has 0 aliphatic carbocycles. The molecule has 0 bridgehead atoms. The van der Waals surface area contributed by atoms with Gasteiger partial charge in [-0.3, -0.25) is 4.90 Å². The van der Waals surface area contributed by atoms with E-state index in [2.05, 4.69) is 23.1 Å². The van der Waals surface area contributed by atoms with Gasteiger partial charge in [-0.15, -0.1) is 0 Å². The van der Waals surface area contributed by atoms with Crippen molar-refractivity contribution in [3.8, 4) is 6.07 Å². The number of ether oxygens (including phenoxy) is 1. The molecular weight excluding hydrogens is 228 g/mol. The molecule has 2 fully saturated rings. The van der Waals surface area contributed by atoms with Gasteiger partial charge >= 0.3 is 0 Å². The molecule has 4 nitrogen and oxygen atoms in total. The summed E-state index contributed by atoms with van der Waals surface area (Å²) in [6, 6.07) is 12.3. The first-order valence-electron chi connectivity index (χ1n) is 6.31. The summed E-state index contributed by atoms with van der Waals surface area (Å²) in [6.45, 7) is 0.597. The van der Waals surface area contributed by atoms with Crippen LogP contribution >= 0.6 is 0 Å². The molecule has 18 heavy (non-hydrogen) atoms. The van der Waals surface area contributed by atoms with Crippen molar-refractivity contribution in [1.82, 2.24) is 4.90 Å². The molecule has 4 heteroatoms. The maximum Gasteiger partial charge on any atom is 0.114 e. The van der Waals surface area contributed by atoms with Crippen molar-refractivity contribution in [2.24, 2.45) is 0 Å². The van der Waals surface area contributed by atoms with Crippen LogP contribution in [0.2, 0.25) is 0 Å². The highest BCUT2D eigenvalue weighted by atomic mass is 16.5. The molecule has 0 unspecified atom stereocenters. The monoisotopic (exact) mass is 244 g/mol. The van der Waals surface area contributed by atoms with Gasteiger partial charge in [-0.25, -0.2) is 0 Å². The van der Waals surface area contributed by atoms with Crippen LogP contribution in [-0.4, -0.2) is 35.0 Å². The zero-order chi connectivity index (χ0) is 12.5. The molecule has 0 saturated carbocycles. The van der Waals surface area contributed by atoms with E-state index >= 15 is 0 Å². The predicted molar refractivity (Wildman–Crippen MR) is 65.4 cm³/mol. The third kappa shape index (κ3) is 1.91. The minimum absolute atomic E-state index is 0.122. The normalized spacial score (nSPS) is 36.0. The Morgan fingerprint density at radius 1 is 1.28 bits per heavy atom. The van der Waals surface area contributed by atoms with Gasteiger partial charge < -0.3 is 9.84 Å². The van der Waals surface area contributed by atoms with E-state index in [4.69, 9.17) is 4.74 Å². The van der Waals surface area contributed by atoms with Crippen LogP contribution in [0.25, 0.3) is 0 Å². The molecule has 2 aliphatic heterocycles. The van der Waals surface area contributed by atoms with Gasteiger partial charge in [-0.2, -0.15) is 5.26 Å². The molecule has 1 N–H and O–H groups in total. The molecule has 1 aromatic rings. The Kier molecular flexibility index (Phi) is 3.04. The summed E-state index contributed by atoms with van der Waals surface area (Å²) in [7, 11) is 0. The Hall–Kier alpha value is -1.41. The number of hydrogen-bond donors (Lipinski definition) is 1. The Labute approximate surface area is 106 Å². The molecule has 3 rings (SSSR count). The molecule has 0 spiro atoms. The number of piperidine rings is 1. The van der Waals surface area contributed by atoms with E-state index in [1.54, 1.807) is 0 Å². The minimum atomic E-state index is -0.426. The SMILES string of the molecule is N#C[C@@H]1C[C@H](O)C[C@H]2OC[C@@H](c3ccccc3)N12. The van der Waals surface area contributed by atoms with E-state index in [-0.39, 0.29) is 18.3 Å². The van der Waals surface area contributed by atoms with Crippen LogP contribution in [0.5, 0.6) is 0 Å². The van der Waals surface area contributed by atoms with Crippen LogP contribution < -0.4 is 0 Å². The van der Waals surface area contributed by atoms with Crippen molar-refractivity contribution in [2.75, 3.05) is 6.61 Å². The maximum atomic E-state index is 9.76. The summed E-state index contributed by atoms with van der Waals surface area (Å²) in [6.07, 6.45) is 0.565. The Morgan fingerprint density at radius 2 is 2.06 bits per heavy atom. The zero-order valence-corrected chi connectivity index (χ0v) is 10.1. The van der Waals surface area contributed by atoms with Crippen molar-refractivity contribution in [3.63, 3.8) is 0 Å². The third-order valence-electron chi connectivity index (χ3n) is 3.80. The molecule has 0 radical (unpaired) electrons. The highest BCUT2D eigenvalue weighted by molar-refractivity contribution is 5.21. The quantitative estimate of drug-likeness (QED) is 0.812. The second-order valence-corrected chi connectivity index (χ2v) is 4.93. The van der Waals surface area contributed by atoms with Crippen LogP contribution in [0, 0.1) is 11.3 Å². The summed E-state index contributed by atoms with van der Waals surface area (Å²) in [4.78, 5) is 2.11. The molecule has 0 amide bonds. The molecule has 0 aromatic heterocycles. The number of nitrogens with zero attached hydrogens (tertiary/aromatic N) is 2. The van der Waals surface area contributed by atoms with Crippen molar-refractivity contribution in [2.45, 2.75) is 37.3 Å². The Morgan fingerprint density at radius 3 is 2.78 bits per heavy atom. The van der Waals surface area contributed by atoms with E-state index in [0.29, 0.717) is 19.4 Å². The maximum absolute atomic E-state index is 9.76. The van der Waals surface area contributed by atoms with Gasteiger partial charge in [0, 0.05) is 12.8 Å². The number of fused-ring (bicyclic) bond motifs is 1. The summed E-state index contributed by atoms with van der Waals surface area (Å²) < 4.78 is 5.74. The summed E-state index contributed by atoms with van der Waals surface area (Å²) in [5, 5.41) is 19.0. The van der Waals surface area contributed by atoms with E-state index in [9.17, 15) is 10.4 Å². The number of aliphatic hydroxyl groups excluding tert-OH is 1. The van der Waals surface area contributed by atoms with Gasteiger partial charge in [0.2, 0.25) is 0 Å². The summed E-state index contributed by atoms with van der Waals surface area (Å²) in [5.41, 5.74) is 1.18. The smallest absolute Gasteiger partial charge is 0.114 e. The fraction of sp³-hybridized carbons (Fsp3) is 0.500. The van der Waals surface area contributed by atoms with Crippen molar-refractivity contribution < 1.29 is 9.84 Å². The van der Waals surface area contributed by atoms with E-state index < -0.39 is 6.10 Å². The van der Waals surface area contributed by atoms with Gasteiger partial charge in [0.05, 0.1) is 24.8 Å². The first kappa shape index (κ1) is 11.7. The first-order valence-corrected chi connectivity index (χ1v) is 6.31. The lowest BCUT2D eigenvalue weighted by atomic mass is 9.96. The van der Waals surface area contributed by atoms with Crippen LogP contribution in [0.4, 0.5) is 0 Å². The number of nitriles is 1. The zero-order valence-electron chi connectivity index (χ0n) is 10.1. The van der Waals surface area contributed by atoms with Crippen molar-refractivity contribution >= 4 is 0 Å². The summed E-state index contributed by atoms with van der Waals surface area (Å²) in [5.74, 6) is 0. The molecule has 2 aliphatic rings. The highest BCUT2D eigenvalue weighted by Crippen LogP contribution is 2.38. The van der Waals surface area contributed by atoms with E-state index in [0.717, 1.165) is 0 Å². The van der Waals surface area contributed by atoms with Crippen molar-refractivity contribution in [3.05, 3.63) is 35.9 Å². The highest BCUT2D eigenvalue weighted by Gasteiger charge is 2.44. The molecular formula is C14H16N2O2. The van der Waals surface area contributed by atoms with Crippen LogP contribution in [0.3, 0.4) is 0 Å². The largest absolute Gasteiger partial charge is 0.393 e. The average Bonchev–Trinajstić information content (AvgIpc) is 2.82. The van der Waals surface area contributed by atoms with Gasteiger partial charge in [0.1, 0.15) is 12.3 Å². The molecule has 2 saturated heterocycles. The topological polar surface area (TPSA) is 56.5 Å². The lowest BCUT2D eigenvalue weighted by molar-refractivity contribution is -0.0601. The molecule has 94 valence electrons. The molecule has 4 atom stereocenters. The Bertz CT molecular complexity index is 457. The van der Waals surface area contributed by atoms with E-state index in [1.807, 2.05) is 18.2 Å².